The lowest BCUT2D eigenvalue weighted by Gasteiger charge is -2.62. The standard InChI is InChI=1S/C31H38N2O4/c1-3-4-5-6-23(34)11-10-22-15-21-17-31(36)25-16-20-9-12-24(35)28-26(20)30(31,29(37-28)27(21)32(22)2)13-14-33(25)18-19-7-8-19/h9-12,15,19,25,29,35-36H,3-8,13-14,16-18H2,1-2H3/b11-10+/t25-,29+,30+,31-/m1/s1. The van der Waals surface area contributed by atoms with Crippen LogP contribution in [0.4, 0.5) is 0 Å². The summed E-state index contributed by atoms with van der Waals surface area (Å²) >= 11 is 0. The summed E-state index contributed by atoms with van der Waals surface area (Å²) in [6.07, 6.45) is 11.7. The molecule has 2 aromatic rings. The van der Waals surface area contributed by atoms with Gasteiger partial charge < -0.3 is 19.5 Å². The highest BCUT2D eigenvalue weighted by Crippen LogP contribution is 2.68. The lowest BCUT2D eigenvalue weighted by atomic mass is 9.49. The normalized spacial score (nSPS) is 31.3. The van der Waals surface area contributed by atoms with Gasteiger partial charge in [0.25, 0.3) is 0 Å². The fraction of sp³-hybridized carbons (Fsp3) is 0.581. The van der Waals surface area contributed by atoms with Gasteiger partial charge in [0.2, 0.25) is 0 Å². The minimum atomic E-state index is -0.970. The molecule has 6 nitrogen and oxygen atoms in total. The molecule has 7 rings (SSSR count). The maximum absolute atomic E-state index is 12.8. The molecule has 0 amide bonds. The predicted molar refractivity (Wildman–Crippen MR) is 142 cm³/mol. The van der Waals surface area contributed by atoms with Crippen LogP contribution < -0.4 is 4.74 Å². The van der Waals surface area contributed by atoms with Crippen LogP contribution in [0.3, 0.4) is 0 Å². The number of likely N-dealkylation sites (tertiary alicyclic amines) is 1. The molecule has 2 bridgehead atoms. The minimum absolute atomic E-state index is 0.0310. The molecule has 2 N–H and O–H groups in total. The van der Waals surface area contributed by atoms with Crippen LogP contribution >= 0.6 is 0 Å². The van der Waals surface area contributed by atoms with Crippen molar-refractivity contribution < 1.29 is 19.7 Å². The van der Waals surface area contributed by atoms with Gasteiger partial charge in [-0.3, -0.25) is 9.69 Å². The number of aliphatic hydroxyl groups is 1. The lowest BCUT2D eigenvalue weighted by molar-refractivity contribution is -0.173. The molecule has 0 radical (unpaired) electrons. The Morgan fingerprint density at radius 3 is 2.86 bits per heavy atom. The van der Waals surface area contributed by atoms with Crippen molar-refractivity contribution in [3.05, 3.63) is 52.4 Å². The zero-order valence-electron chi connectivity index (χ0n) is 22.0. The maximum Gasteiger partial charge on any atom is 0.166 e. The zero-order chi connectivity index (χ0) is 25.5. The van der Waals surface area contributed by atoms with Gasteiger partial charge in [-0.1, -0.05) is 25.8 Å². The maximum atomic E-state index is 12.8. The summed E-state index contributed by atoms with van der Waals surface area (Å²) in [6, 6.07) is 5.98. The number of nitrogens with zero attached hydrogens (tertiary/aromatic N) is 2. The second-order valence-corrected chi connectivity index (χ2v) is 12.2. The number of aromatic nitrogens is 1. The first-order chi connectivity index (χ1) is 17.9. The number of unbranched alkanes of at least 4 members (excludes halogenated alkanes) is 2. The van der Waals surface area contributed by atoms with Gasteiger partial charge in [-0.25, -0.2) is 0 Å². The molecule has 1 saturated heterocycles. The van der Waals surface area contributed by atoms with Gasteiger partial charge in [0.1, 0.15) is 0 Å². The number of ketones is 1. The van der Waals surface area contributed by atoms with Gasteiger partial charge >= 0.3 is 0 Å². The zero-order valence-corrected chi connectivity index (χ0v) is 22.0. The van der Waals surface area contributed by atoms with Crippen LogP contribution in [0.15, 0.2) is 24.3 Å². The summed E-state index contributed by atoms with van der Waals surface area (Å²) in [7, 11) is 2.04. The predicted octanol–water partition coefficient (Wildman–Crippen LogP) is 4.59. The minimum Gasteiger partial charge on any atom is -0.504 e. The van der Waals surface area contributed by atoms with Gasteiger partial charge in [0.05, 0.1) is 16.7 Å². The molecule has 0 unspecified atom stereocenters. The summed E-state index contributed by atoms with van der Waals surface area (Å²) in [4.78, 5) is 15.0. The van der Waals surface area contributed by atoms with Crippen LogP contribution in [0, 0.1) is 5.92 Å². The molecule has 5 aliphatic rings. The van der Waals surface area contributed by atoms with E-state index in [9.17, 15) is 15.0 Å². The first kappa shape index (κ1) is 23.5. The first-order valence-corrected chi connectivity index (χ1v) is 14.2. The third-order valence-electron chi connectivity index (χ3n) is 10.1. The average molecular weight is 503 g/mol. The third kappa shape index (κ3) is 3.21. The molecule has 37 heavy (non-hydrogen) atoms. The van der Waals surface area contributed by atoms with Crippen molar-refractivity contribution >= 4 is 11.9 Å². The van der Waals surface area contributed by atoms with E-state index < -0.39 is 11.0 Å². The number of benzene rings is 1. The monoisotopic (exact) mass is 502 g/mol. The number of carbonyl (C=O) groups excluding carboxylic acids is 1. The van der Waals surface area contributed by atoms with E-state index in [1.165, 1.54) is 18.4 Å². The van der Waals surface area contributed by atoms with E-state index in [0.717, 1.165) is 73.6 Å². The van der Waals surface area contributed by atoms with Gasteiger partial charge in [0, 0.05) is 43.7 Å². The molecule has 1 saturated carbocycles. The van der Waals surface area contributed by atoms with Crippen molar-refractivity contribution in [1.82, 2.24) is 9.47 Å². The number of ether oxygens (including phenoxy) is 1. The Morgan fingerprint density at radius 1 is 1.24 bits per heavy atom. The number of aromatic hydroxyl groups is 1. The second kappa shape index (κ2) is 8.21. The molecular weight excluding hydrogens is 464 g/mol. The molecule has 4 atom stereocenters. The van der Waals surface area contributed by atoms with E-state index in [4.69, 9.17) is 4.74 Å². The molecule has 1 aromatic carbocycles. The molecule has 3 heterocycles. The SMILES string of the molecule is CCCCCC(=O)/C=C/c1cc2c(n1C)[C@@H]1Oc3c(O)ccc4c3[C@@]13CCN(CC1CC1)[C@H](C4)[C@]3(O)C2. The van der Waals surface area contributed by atoms with Crippen molar-refractivity contribution in [3.8, 4) is 11.5 Å². The third-order valence-corrected chi connectivity index (χ3v) is 10.1. The Hall–Kier alpha value is -2.57. The largest absolute Gasteiger partial charge is 0.504 e. The molecule has 3 aliphatic carbocycles. The Morgan fingerprint density at radius 2 is 2.08 bits per heavy atom. The van der Waals surface area contributed by atoms with E-state index in [1.807, 2.05) is 19.2 Å². The van der Waals surface area contributed by atoms with E-state index in [-0.39, 0.29) is 23.7 Å². The molecule has 1 aromatic heterocycles. The number of fused-ring (bicyclic) bond motifs is 2. The highest BCUT2D eigenvalue weighted by molar-refractivity contribution is 5.93. The fourth-order valence-corrected chi connectivity index (χ4v) is 8.10. The Balaban J connectivity index is 1.32. The van der Waals surface area contributed by atoms with Crippen molar-refractivity contribution in [3.63, 3.8) is 0 Å². The summed E-state index contributed by atoms with van der Waals surface area (Å²) in [5, 5.41) is 23.7. The van der Waals surface area contributed by atoms with Crippen molar-refractivity contribution in [2.45, 2.75) is 87.9 Å². The van der Waals surface area contributed by atoms with E-state index in [2.05, 4.69) is 22.5 Å². The lowest BCUT2D eigenvalue weighted by Crippen LogP contribution is -2.74. The quantitative estimate of drug-likeness (QED) is 0.408. The smallest absolute Gasteiger partial charge is 0.166 e. The number of phenolic OH excluding ortho intramolecular Hbond substituents is 1. The first-order valence-electron chi connectivity index (χ1n) is 14.2. The van der Waals surface area contributed by atoms with E-state index in [1.54, 1.807) is 12.1 Å². The molecule has 196 valence electrons. The van der Waals surface area contributed by atoms with E-state index in [0.29, 0.717) is 18.6 Å². The van der Waals surface area contributed by atoms with Crippen LogP contribution in [0.1, 0.15) is 86.1 Å². The number of allylic oxidation sites excluding steroid dienone is 1. The summed E-state index contributed by atoms with van der Waals surface area (Å²) in [6.45, 7) is 4.15. The van der Waals surface area contributed by atoms with E-state index >= 15 is 0 Å². The Kier molecular flexibility index (Phi) is 5.22. The number of rotatable bonds is 8. The van der Waals surface area contributed by atoms with Crippen molar-refractivity contribution in [2.75, 3.05) is 13.1 Å². The fourth-order valence-electron chi connectivity index (χ4n) is 8.10. The Labute approximate surface area is 218 Å². The highest BCUT2D eigenvalue weighted by atomic mass is 16.5. The number of piperidine rings is 1. The molecule has 2 aliphatic heterocycles. The molecule has 1 spiro atoms. The summed E-state index contributed by atoms with van der Waals surface area (Å²) in [5.41, 5.74) is 3.83. The highest BCUT2D eigenvalue weighted by Gasteiger charge is 2.72. The van der Waals surface area contributed by atoms with Crippen LogP contribution in [-0.2, 0) is 30.1 Å². The van der Waals surface area contributed by atoms with Crippen molar-refractivity contribution in [1.29, 1.82) is 0 Å². The Bertz CT molecular complexity index is 1310. The average Bonchev–Trinajstić information content (AvgIpc) is 3.54. The van der Waals surface area contributed by atoms with Crippen LogP contribution in [0.25, 0.3) is 6.08 Å². The van der Waals surface area contributed by atoms with Gasteiger partial charge in [-0.15, -0.1) is 0 Å². The molecule has 2 fully saturated rings. The topological polar surface area (TPSA) is 74.9 Å². The van der Waals surface area contributed by atoms with Crippen LogP contribution in [0.5, 0.6) is 11.5 Å². The number of carbonyl (C=O) groups is 1. The number of hydrogen-bond donors (Lipinski definition) is 2. The summed E-state index contributed by atoms with van der Waals surface area (Å²) in [5.74, 6) is 1.64. The second-order valence-electron chi connectivity index (χ2n) is 12.2. The number of phenols is 1. The molecular formula is C31H38N2O4. The van der Waals surface area contributed by atoms with Gasteiger partial charge in [-0.05, 0) is 80.0 Å². The van der Waals surface area contributed by atoms with Gasteiger partial charge in [0.15, 0.2) is 23.4 Å². The van der Waals surface area contributed by atoms with Crippen molar-refractivity contribution in [2.24, 2.45) is 13.0 Å². The summed E-state index contributed by atoms with van der Waals surface area (Å²) < 4.78 is 8.82. The number of hydrogen-bond acceptors (Lipinski definition) is 5. The van der Waals surface area contributed by atoms with Crippen LogP contribution in [-0.4, -0.2) is 50.2 Å². The van der Waals surface area contributed by atoms with Gasteiger partial charge in [-0.2, -0.15) is 0 Å². The molecule has 6 heteroatoms. The van der Waals surface area contributed by atoms with Crippen LogP contribution in [0.2, 0.25) is 0 Å².